The molecule has 3 aromatic rings. The highest BCUT2D eigenvalue weighted by Gasteiger charge is 2.11. The van der Waals surface area contributed by atoms with E-state index >= 15 is 0 Å². The monoisotopic (exact) mass is 417 g/mol. The average Bonchev–Trinajstić information content (AvgIpc) is 3.29. The Morgan fingerprint density at radius 1 is 1.16 bits per heavy atom. The molecule has 1 N–H and O–H groups in total. The molecule has 0 unspecified atom stereocenters. The summed E-state index contributed by atoms with van der Waals surface area (Å²) in [5.41, 5.74) is 4.86. The predicted molar refractivity (Wildman–Crippen MR) is 121 cm³/mol. The molecule has 3 heterocycles. The molecule has 0 bridgehead atoms. The first-order chi connectivity index (χ1) is 15.2. The molecule has 2 aromatic heterocycles. The van der Waals surface area contributed by atoms with Gasteiger partial charge in [0, 0.05) is 67.7 Å². The zero-order valence-electron chi connectivity index (χ0n) is 17.7. The lowest BCUT2D eigenvalue weighted by Gasteiger charge is -2.26. The minimum absolute atomic E-state index is 0.181. The minimum Gasteiger partial charge on any atom is -0.379 e. The number of benzene rings is 1. The SMILES string of the molecule is CCn1cc(-c2ccncc2/C=C/C(=O)Nc2ccc(CN3CCOCC3)cc2)cn1. The number of aromatic nitrogens is 3. The zero-order valence-corrected chi connectivity index (χ0v) is 17.7. The van der Waals surface area contributed by atoms with Crippen molar-refractivity contribution in [2.45, 2.75) is 20.0 Å². The molecule has 0 atom stereocenters. The molecule has 0 saturated carbocycles. The van der Waals surface area contributed by atoms with Gasteiger partial charge in [0.1, 0.15) is 0 Å². The highest BCUT2D eigenvalue weighted by Crippen LogP contribution is 2.23. The molecule has 160 valence electrons. The highest BCUT2D eigenvalue weighted by molar-refractivity contribution is 6.02. The van der Waals surface area contributed by atoms with Crippen LogP contribution in [0.1, 0.15) is 18.1 Å². The van der Waals surface area contributed by atoms with Crippen LogP contribution >= 0.6 is 0 Å². The fraction of sp³-hybridized carbons (Fsp3) is 0.292. The van der Waals surface area contributed by atoms with Crippen LogP contribution in [0.25, 0.3) is 17.2 Å². The number of aryl methyl sites for hydroxylation is 1. The first-order valence-corrected chi connectivity index (χ1v) is 10.6. The number of carbonyl (C=O) groups excluding carboxylic acids is 1. The third kappa shape index (κ3) is 5.65. The second-order valence-electron chi connectivity index (χ2n) is 7.46. The average molecular weight is 418 g/mol. The van der Waals surface area contributed by atoms with E-state index in [-0.39, 0.29) is 5.91 Å². The summed E-state index contributed by atoms with van der Waals surface area (Å²) in [7, 11) is 0. The first kappa shape index (κ1) is 21.0. The Morgan fingerprint density at radius 3 is 2.71 bits per heavy atom. The summed E-state index contributed by atoms with van der Waals surface area (Å²) in [5.74, 6) is -0.181. The number of ether oxygens (including phenoxy) is 1. The number of carbonyl (C=O) groups is 1. The summed E-state index contributed by atoms with van der Waals surface area (Å²) in [6.45, 7) is 7.25. The van der Waals surface area contributed by atoms with Crippen molar-refractivity contribution in [3.05, 3.63) is 72.3 Å². The summed E-state index contributed by atoms with van der Waals surface area (Å²) in [6, 6.07) is 9.92. The van der Waals surface area contributed by atoms with E-state index in [1.807, 2.05) is 42.2 Å². The summed E-state index contributed by atoms with van der Waals surface area (Å²) < 4.78 is 7.26. The van der Waals surface area contributed by atoms with E-state index < -0.39 is 0 Å². The standard InChI is InChI=1S/C24H27N5O2/c1-2-29-18-21(16-26-29)23-9-10-25-15-20(23)5-8-24(30)27-22-6-3-19(4-7-22)17-28-11-13-31-14-12-28/h3-10,15-16,18H,2,11-14,17H2,1H3,(H,27,30)/b8-5+. The molecule has 4 rings (SSSR count). The van der Waals surface area contributed by atoms with Gasteiger partial charge in [-0.05, 0) is 42.3 Å². The van der Waals surface area contributed by atoms with Crippen molar-refractivity contribution in [1.29, 1.82) is 0 Å². The van der Waals surface area contributed by atoms with Crippen LogP contribution in [0.15, 0.2) is 61.2 Å². The molecule has 0 aliphatic carbocycles. The number of pyridine rings is 1. The summed E-state index contributed by atoms with van der Waals surface area (Å²) in [6.07, 6.45) is 10.6. The molecule has 1 fully saturated rings. The second-order valence-corrected chi connectivity index (χ2v) is 7.46. The summed E-state index contributed by atoms with van der Waals surface area (Å²) in [4.78, 5) is 19.0. The molecule has 7 heteroatoms. The lowest BCUT2D eigenvalue weighted by molar-refractivity contribution is -0.111. The van der Waals surface area contributed by atoms with Gasteiger partial charge in [-0.1, -0.05) is 12.1 Å². The van der Waals surface area contributed by atoms with Gasteiger partial charge in [0.25, 0.3) is 0 Å². The van der Waals surface area contributed by atoms with Crippen LogP contribution in [-0.2, 0) is 22.6 Å². The molecule has 7 nitrogen and oxygen atoms in total. The van der Waals surface area contributed by atoms with Gasteiger partial charge in [0.15, 0.2) is 0 Å². The predicted octanol–water partition coefficient (Wildman–Crippen LogP) is 3.45. The number of amides is 1. The van der Waals surface area contributed by atoms with Gasteiger partial charge in [-0.15, -0.1) is 0 Å². The van der Waals surface area contributed by atoms with Crippen molar-refractivity contribution in [3.8, 4) is 11.1 Å². The quantitative estimate of drug-likeness (QED) is 0.596. The molecule has 0 spiro atoms. The van der Waals surface area contributed by atoms with E-state index in [9.17, 15) is 4.79 Å². The van der Waals surface area contributed by atoms with Crippen molar-refractivity contribution in [2.75, 3.05) is 31.6 Å². The van der Waals surface area contributed by atoms with Crippen molar-refractivity contribution in [3.63, 3.8) is 0 Å². The maximum Gasteiger partial charge on any atom is 0.248 e. The van der Waals surface area contributed by atoms with Crippen molar-refractivity contribution in [1.82, 2.24) is 19.7 Å². The Hall–Kier alpha value is -3.29. The first-order valence-electron chi connectivity index (χ1n) is 10.6. The molecular weight excluding hydrogens is 390 g/mol. The van der Waals surface area contributed by atoms with E-state index in [0.717, 1.165) is 61.8 Å². The Morgan fingerprint density at radius 2 is 1.97 bits per heavy atom. The maximum atomic E-state index is 12.4. The van der Waals surface area contributed by atoms with Crippen molar-refractivity contribution in [2.24, 2.45) is 0 Å². The van der Waals surface area contributed by atoms with Crippen LogP contribution in [0.5, 0.6) is 0 Å². The third-order valence-corrected chi connectivity index (χ3v) is 5.27. The van der Waals surface area contributed by atoms with Crippen LogP contribution in [0, 0.1) is 0 Å². The fourth-order valence-corrected chi connectivity index (χ4v) is 3.54. The van der Waals surface area contributed by atoms with Gasteiger partial charge in [-0.2, -0.15) is 5.10 Å². The lowest BCUT2D eigenvalue weighted by atomic mass is 10.0. The largest absolute Gasteiger partial charge is 0.379 e. The van der Waals surface area contributed by atoms with E-state index in [0.29, 0.717) is 0 Å². The number of nitrogens with one attached hydrogen (secondary N) is 1. The Labute approximate surface area is 182 Å². The van der Waals surface area contributed by atoms with Crippen molar-refractivity contribution < 1.29 is 9.53 Å². The highest BCUT2D eigenvalue weighted by atomic mass is 16.5. The van der Waals surface area contributed by atoms with E-state index in [2.05, 4.69) is 32.4 Å². The van der Waals surface area contributed by atoms with Gasteiger partial charge in [0.05, 0.1) is 19.4 Å². The van der Waals surface area contributed by atoms with Gasteiger partial charge in [-0.3, -0.25) is 19.4 Å². The lowest BCUT2D eigenvalue weighted by Crippen LogP contribution is -2.35. The molecule has 1 aliphatic heterocycles. The van der Waals surface area contributed by atoms with Crippen LogP contribution in [-0.4, -0.2) is 51.9 Å². The number of anilines is 1. The maximum absolute atomic E-state index is 12.4. The minimum atomic E-state index is -0.181. The Kier molecular flexibility index (Phi) is 6.86. The number of hydrogen-bond acceptors (Lipinski definition) is 5. The molecular formula is C24H27N5O2. The Bertz CT molecular complexity index is 1040. The smallest absolute Gasteiger partial charge is 0.248 e. The number of rotatable bonds is 7. The van der Waals surface area contributed by atoms with Crippen LogP contribution in [0.4, 0.5) is 5.69 Å². The van der Waals surface area contributed by atoms with Crippen LogP contribution < -0.4 is 5.32 Å². The van der Waals surface area contributed by atoms with E-state index in [1.165, 1.54) is 11.6 Å². The van der Waals surface area contributed by atoms with Crippen LogP contribution in [0.3, 0.4) is 0 Å². The number of hydrogen-bond donors (Lipinski definition) is 1. The molecule has 1 aliphatic rings. The molecule has 31 heavy (non-hydrogen) atoms. The second kappa shape index (κ2) is 10.1. The fourth-order valence-electron chi connectivity index (χ4n) is 3.54. The van der Waals surface area contributed by atoms with Crippen LogP contribution in [0.2, 0.25) is 0 Å². The summed E-state index contributed by atoms with van der Waals surface area (Å²) >= 11 is 0. The topological polar surface area (TPSA) is 72.3 Å². The molecule has 1 saturated heterocycles. The van der Waals surface area contributed by atoms with Gasteiger partial charge < -0.3 is 10.1 Å². The van der Waals surface area contributed by atoms with E-state index in [1.54, 1.807) is 18.5 Å². The molecule has 1 aromatic carbocycles. The molecule has 1 amide bonds. The van der Waals surface area contributed by atoms with Gasteiger partial charge in [0.2, 0.25) is 5.91 Å². The van der Waals surface area contributed by atoms with E-state index in [4.69, 9.17) is 4.74 Å². The molecule has 0 radical (unpaired) electrons. The van der Waals surface area contributed by atoms with Gasteiger partial charge >= 0.3 is 0 Å². The van der Waals surface area contributed by atoms with Gasteiger partial charge in [-0.25, -0.2) is 0 Å². The third-order valence-electron chi connectivity index (χ3n) is 5.27. The number of morpholine rings is 1. The van der Waals surface area contributed by atoms with Crippen molar-refractivity contribution >= 4 is 17.7 Å². The Balaban J connectivity index is 1.37. The summed E-state index contributed by atoms with van der Waals surface area (Å²) in [5, 5.41) is 7.25. The number of nitrogens with zero attached hydrogens (tertiary/aromatic N) is 4. The normalized spacial score (nSPS) is 14.7. The zero-order chi connectivity index (χ0) is 21.5.